The molecule has 0 aliphatic carbocycles. The molecule has 3 rings (SSSR count). The fourth-order valence-corrected chi connectivity index (χ4v) is 3.32. The number of aromatic nitrogens is 2. The third-order valence-corrected chi connectivity index (χ3v) is 4.73. The Labute approximate surface area is 150 Å². The molecule has 4 nitrogen and oxygen atoms in total. The number of hydrogen-bond donors (Lipinski definition) is 0. The third kappa shape index (κ3) is 4.48. The Bertz CT molecular complexity index is 851. The van der Waals surface area contributed by atoms with Gasteiger partial charge in [0.15, 0.2) is 0 Å². The van der Waals surface area contributed by atoms with Crippen molar-refractivity contribution in [2.45, 2.75) is 19.9 Å². The van der Waals surface area contributed by atoms with Gasteiger partial charge in [-0.2, -0.15) is 0 Å². The average Bonchev–Trinajstić information content (AvgIpc) is 3.09. The molecule has 0 atom stereocenters. The molecular formula is C19H18FN3OS. The van der Waals surface area contributed by atoms with Crippen LogP contribution in [0.2, 0.25) is 0 Å². The lowest BCUT2D eigenvalue weighted by Gasteiger charge is -2.20. The van der Waals surface area contributed by atoms with E-state index in [0.717, 1.165) is 21.8 Å². The number of hydrogen-bond acceptors (Lipinski definition) is 4. The maximum atomic E-state index is 13.3. The highest BCUT2D eigenvalue weighted by Crippen LogP contribution is 2.23. The van der Waals surface area contributed by atoms with Crippen LogP contribution in [-0.4, -0.2) is 27.3 Å². The molecule has 6 heteroatoms. The van der Waals surface area contributed by atoms with Crippen molar-refractivity contribution >= 4 is 17.2 Å². The minimum atomic E-state index is -0.290. The first-order valence-electron chi connectivity index (χ1n) is 8.02. The SMILES string of the molecule is CCN(Cc1cccc(F)c1)C(=O)Cc1csc(-c2cccnc2)n1. The van der Waals surface area contributed by atoms with Crippen molar-refractivity contribution in [1.29, 1.82) is 0 Å². The van der Waals surface area contributed by atoms with Crippen molar-refractivity contribution in [2.24, 2.45) is 0 Å². The van der Waals surface area contributed by atoms with Gasteiger partial charge in [0.25, 0.3) is 0 Å². The lowest BCUT2D eigenvalue weighted by Crippen LogP contribution is -2.31. The van der Waals surface area contributed by atoms with Crippen LogP contribution in [0, 0.1) is 5.82 Å². The first-order chi connectivity index (χ1) is 12.2. The number of amides is 1. The zero-order valence-corrected chi connectivity index (χ0v) is 14.7. The molecule has 25 heavy (non-hydrogen) atoms. The van der Waals surface area contributed by atoms with E-state index in [4.69, 9.17) is 0 Å². The van der Waals surface area contributed by atoms with E-state index in [2.05, 4.69) is 9.97 Å². The fourth-order valence-electron chi connectivity index (χ4n) is 2.51. The molecular weight excluding hydrogens is 337 g/mol. The summed E-state index contributed by atoms with van der Waals surface area (Å²) in [4.78, 5) is 22.9. The summed E-state index contributed by atoms with van der Waals surface area (Å²) in [5, 5.41) is 2.75. The van der Waals surface area contributed by atoms with Crippen molar-refractivity contribution in [3.63, 3.8) is 0 Å². The molecule has 0 saturated carbocycles. The number of pyridine rings is 1. The number of rotatable bonds is 6. The summed E-state index contributed by atoms with van der Waals surface area (Å²) < 4.78 is 13.3. The van der Waals surface area contributed by atoms with Gasteiger partial charge < -0.3 is 4.90 Å². The molecule has 0 saturated heterocycles. The van der Waals surface area contributed by atoms with Gasteiger partial charge in [-0.15, -0.1) is 11.3 Å². The number of thiazole rings is 1. The quantitative estimate of drug-likeness (QED) is 0.673. The lowest BCUT2D eigenvalue weighted by molar-refractivity contribution is -0.130. The highest BCUT2D eigenvalue weighted by Gasteiger charge is 2.15. The van der Waals surface area contributed by atoms with E-state index < -0.39 is 0 Å². The van der Waals surface area contributed by atoms with E-state index in [-0.39, 0.29) is 18.1 Å². The molecule has 0 fully saturated rings. The standard InChI is InChI=1S/C19H18FN3OS/c1-2-23(12-14-5-3-7-16(20)9-14)18(24)10-17-13-25-19(22-17)15-6-4-8-21-11-15/h3-9,11,13H,2,10,12H2,1H3. The van der Waals surface area contributed by atoms with Crippen LogP contribution in [0.25, 0.3) is 10.6 Å². The van der Waals surface area contributed by atoms with E-state index in [1.165, 1.54) is 23.5 Å². The second-order valence-electron chi connectivity index (χ2n) is 5.60. The molecule has 0 bridgehead atoms. The van der Waals surface area contributed by atoms with E-state index in [0.29, 0.717) is 13.1 Å². The molecule has 0 radical (unpaired) electrons. The van der Waals surface area contributed by atoms with E-state index >= 15 is 0 Å². The van der Waals surface area contributed by atoms with Gasteiger partial charge in [0.2, 0.25) is 5.91 Å². The van der Waals surface area contributed by atoms with Crippen LogP contribution in [0.3, 0.4) is 0 Å². The molecule has 128 valence electrons. The number of carbonyl (C=O) groups excluding carboxylic acids is 1. The minimum absolute atomic E-state index is 0.0187. The average molecular weight is 355 g/mol. The second kappa shape index (κ2) is 7.98. The second-order valence-corrected chi connectivity index (χ2v) is 6.46. The van der Waals surface area contributed by atoms with Crippen LogP contribution in [0.15, 0.2) is 54.2 Å². The molecule has 0 N–H and O–H groups in total. The first-order valence-corrected chi connectivity index (χ1v) is 8.90. The van der Waals surface area contributed by atoms with Gasteiger partial charge in [-0.25, -0.2) is 9.37 Å². The monoisotopic (exact) mass is 355 g/mol. The summed E-state index contributed by atoms with van der Waals surface area (Å²) in [6.07, 6.45) is 3.71. The molecule has 0 unspecified atom stereocenters. The Kier molecular flexibility index (Phi) is 5.50. The minimum Gasteiger partial charge on any atom is -0.338 e. The summed E-state index contributed by atoms with van der Waals surface area (Å²) in [5.41, 5.74) is 2.47. The van der Waals surface area contributed by atoms with Gasteiger partial charge in [0.05, 0.1) is 12.1 Å². The third-order valence-electron chi connectivity index (χ3n) is 3.79. The number of likely N-dealkylation sites (N-methyl/N-ethyl adjacent to an activating group) is 1. The molecule has 1 aromatic carbocycles. The molecule has 1 amide bonds. The maximum Gasteiger partial charge on any atom is 0.228 e. The van der Waals surface area contributed by atoms with Crippen LogP contribution < -0.4 is 0 Å². The Morgan fingerprint density at radius 1 is 1.28 bits per heavy atom. The number of nitrogens with zero attached hydrogens (tertiary/aromatic N) is 3. The van der Waals surface area contributed by atoms with Crippen LogP contribution in [0.4, 0.5) is 4.39 Å². The largest absolute Gasteiger partial charge is 0.338 e. The summed E-state index contributed by atoms with van der Waals surface area (Å²) in [5.74, 6) is -0.309. The van der Waals surface area contributed by atoms with Crippen molar-refractivity contribution in [3.05, 3.63) is 71.2 Å². The summed E-state index contributed by atoms with van der Waals surface area (Å²) in [6, 6.07) is 10.1. The van der Waals surface area contributed by atoms with E-state index in [1.54, 1.807) is 23.4 Å². The smallest absolute Gasteiger partial charge is 0.228 e. The van der Waals surface area contributed by atoms with Crippen molar-refractivity contribution < 1.29 is 9.18 Å². The number of benzene rings is 1. The lowest BCUT2D eigenvalue weighted by atomic mass is 10.2. The van der Waals surface area contributed by atoms with E-state index in [9.17, 15) is 9.18 Å². The maximum absolute atomic E-state index is 13.3. The zero-order valence-electron chi connectivity index (χ0n) is 13.9. The Balaban J connectivity index is 1.67. The van der Waals surface area contributed by atoms with Crippen molar-refractivity contribution in [3.8, 4) is 10.6 Å². The predicted octanol–water partition coefficient (Wildman–Crippen LogP) is 3.94. The van der Waals surface area contributed by atoms with Gasteiger partial charge in [-0.3, -0.25) is 9.78 Å². The van der Waals surface area contributed by atoms with Crippen molar-refractivity contribution in [2.75, 3.05) is 6.54 Å². The van der Waals surface area contributed by atoms with Gasteiger partial charge in [0.1, 0.15) is 10.8 Å². The van der Waals surface area contributed by atoms with Gasteiger partial charge in [0, 0.05) is 36.4 Å². The van der Waals surface area contributed by atoms with Crippen LogP contribution >= 0.6 is 11.3 Å². The van der Waals surface area contributed by atoms with Crippen LogP contribution in [0.1, 0.15) is 18.2 Å². The fraction of sp³-hybridized carbons (Fsp3) is 0.211. The highest BCUT2D eigenvalue weighted by atomic mass is 32.1. The Morgan fingerprint density at radius 3 is 2.88 bits per heavy atom. The zero-order chi connectivity index (χ0) is 17.6. The molecule has 0 spiro atoms. The van der Waals surface area contributed by atoms with Crippen LogP contribution in [-0.2, 0) is 17.8 Å². The summed E-state index contributed by atoms with van der Waals surface area (Å²) >= 11 is 1.50. The summed E-state index contributed by atoms with van der Waals surface area (Å²) in [7, 11) is 0. The molecule has 0 aliphatic heterocycles. The van der Waals surface area contributed by atoms with Gasteiger partial charge in [-0.1, -0.05) is 12.1 Å². The highest BCUT2D eigenvalue weighted by molar-refractivity contribution is 7.13. The number of carbonyl (C=O) groups is 1. The van der Waals surface area contributed by atoms with Gasteiger partial charge >= 0.3 is 0 Å². The molecule has 2 aromatic heterocycles. The molecule has 2 heterocycles. The molecule has 3 aromatic rings. The Hall–Kier alpha value is -2.60. The van der Waals surface area contributed by atoms with Crippen molar-refractivity contribution in [1.82, 2.24) is 14.9 Å². The molecule has 0 aliphatic rings. The predicted molar refractivity (Wildman–Crippen MR) is 96.5 cm³/mol. The number of halogens is 1. The van der Waals surface area contributed by atoms with Gasteiger partial charge in [-0.05, 0) is 36.8 Å². The summed E-state index contributed by atoms with van der Waals surface area (Å²) in [6.45, 7) is 2.88. The normalized spacial score (nSPS) is 10.6. The van der Waals surface area contributed by atoms with E-state index in [1.807, 2.05) is 30.5 Å². The topological polar surface area (TPSA) is 46.1 Å². The van der Waals surface area contributed by atoms with Crippen LogP contribution in [0.5, 0.6) is 0 Å². The Morgan fingerprint density at radius 2 is 2.16 bits per heavy atom. The first kappa shape index (κ1) is 17.2.